The lowest BCUT2D eigenvalue weighted by Crippen LogP contribution is -2.14. The first-order chi connectivity index (χ1) is 13.3. The Bertz CT molecular complexity index is 1340. The Labute approximate surface area is 161 Å². The highest BCUT2D eigenvalue weighted by Gasteiger charge is 2.22. The van der Waals surface area contributed by atoms with Crippen LogP contribution in [0, 0.1) is 13.8 Å². The number of aryl methyl sites for hydroxylation is 1. The first-order valence-electron chi connectivity index (χ1n) is 9.01. The second-order valence-electron chi connectivity index (χ2n) is 7.00. The Morgan fingerprint density at radius 2 is 1.54 bits per heavy atom. The molecule has 2 aromatic heterocycles. The largest absolute Gasteiger partial charge is 0.422 e. The highest BCUT2D eigenvalue weighted by Crippen LogP contribution is 2.34. The van der Waals surface area contributed by atoms with Crippen molar-refractivity contribution >= 4 is 33.4 Å². The summed E-state index contributed by atoms with van der Waals surface area (Å²) in [5, 5.41) is 1.40. The van der Waals surface area contributed by atoms with E-state index in [9.17, 15) is 14.4 Å². The highest BCUT2D eigenvalue weighted by atomic mass is 16.4. The van der Waals surface area contributed by atoms with Crippen molar-refractivity contribution in [3.63, 3.8) is 0 Å². The highest BCUT2D eigenvalue weighted by molar-refractivity contribution is 6.12. The molecule has 0 saturated heterocycles. The van der Waals surface area contributed by atoms with Crippen LogP contribution in [0.2, 0.25) is 0 Å². The van der Waals surface area contributed by atoms with Gasteiger partial charge in [-0.15, -0.1) is 0 Å². The zero-order valence-corrected chi connectivity index (χ0v) is 16.1. The zero-order valence-electron chi connectivity index (χ0n) is 16.1. The van der Waals surface area contributed by atoms with Crippen molar-refractivity contribution in [2.45, 2.75) is 27.7 Å². The predicted molar refractivity (Wildman–Crippen MR) is 109 cm³/mol. The van der Waals surface area contributed by atoms with Crippen LogP contribution < -0.4 is 5.63 Å². The van der Waals surface area contributed by atoms with Crippen LogP contribution in [0.1, 0.15) is 45.8 Å². The molecule has 0 spiro atoms. The number of carbonyl (C=O) groups is 2. The van der Waals surface area contributed by atoms with Crippen LogP contribution in [-0.4, -0.2) is 16.1 Å². The van der Waals surface area contributed by atoms with Gasteiger partial charge in [0.25, 0.3) is 0 Å². The zero-order chi connectivity index (χ0) is 20.2. The molecule has 2 heterocycles. The van der Waals surface area contributed by atoms with E-state index >= 15 is 0 Å². The van der Waals surface area contributed by atoms with Gasteiger partial charge >= 0.3 is 5.63 Å². The summed E-state index contributed by atoms with van der Waals surface area (Å²) in [5.41, 5.74) is 3.53. The number of carbonyl (C=O) groups excluding carboxylic acids is 2. The van der Waals surface area contributed by atoms with Crippen LogP contribution in [0.5, 0.6) is 0 Å². The summed E-state index contributed by atoms with van der Waals surface area (Å²) in [4.78, 5) is 36.6. The summed E-state index contributed by atoms with van der Waals surface area (Å²) in [7, 11) is 0. The van der Waals surface area contributed by atoms with Crippen LogP contribution in [0.4, 0.5) is 0 Å². The fraction of sp³-hybridized carbons (Fsp3) is 0.174. The van der Waals surface area contributed by atoms with Gasteiger partial charge < -0.3 is 8.98 Å². The molecule has 0 N–H and O–H groups in total. The molecule has 4 rings (SSSR count). The molecule has 0 bridgehead atoms. The Balaban J connectivity index is 2.22. The number of hydrogen-bond acceptors (Lipinski definition) is 4. The minimum absolute atomic E-state index is 0.0593. The Morgan fingerprint density at radius 3 is 2.14 bits per heavy atom. The summed E-state index contributed by atoms with van der Waals surface area (Å²) in [5.74, 6) is -0.386. The number of rotatable bonds is 3. The number of ketones is 2. The van der Waals surface area contributed by atoms with Crippen LogP contribution in [0.3, 0.4) is 0 Å². The van der Waals surface area contributed by atoms with Crippen molar-refractivity contribution < 1.29 is 14.0 Å². The number of hydrogen-bond donors (Lipinski definition) is 0. The maximum Gasteiger partial charge on any atom is 0.347 e. The first-order valence-corrected chi connectivity index (χ1v) is 9.01. The molecule has 4 aromatic rings. The number of fused-ring (bicyclic) bond motifs is 2. The number of para-hydroxylation sites is 1. The summed E-state index contributed by atoms with van der Waals surface area (Å²) in [6.07, 6.45) is 0. The number of benzene rings is 2. The van der Waals surface area contributed by atoms with E-state index in [2.05, 4.69) is 0 Å². The molecule has 0 radical (unpaired) electrons. The molecule has 0 saturated carbocycles. The second kappa shape index (κ2) is 6.30. The van der Waals surface area contributed by atoms with Gasteiger partial charge in [0.05, 0.1) is 5.52 Å². The molecule has 5 heteroatoms. The number of Topliss-reactive ketones (excluding diaryl/α,β-unsaturated/α-hetero) is 2. The third-order valence-corrected chi connectivity index (χ3v) is 5.21. The molecule has 0 aliphatic carbocycles. The SMILES string of the molecule is CC(=O)c1c(C)c2cc3c(cc2oc1=O)c(C(C)=O)c(C)n3-c1ccccc1. The monoisotopic (exact) mass is 373 g/mol. The summed E-state index contributed by atoms with van der Waals surface area (Å²) >= 11 is 0. The van der Waals surface area contributed by atoms with Crippen LogP contribution in [-0.2, 0) is 0 Å². The number of nitrogens with zero attached hydrogens (tertiary/aromatic N) is 1. The lowest BCUT2D eigenvalue weighted by molar-refractivity contribution is 0.100. The van der Waals surface area contributed by atoms with E-state index in [1.165, 1.54) is 13.8 Å². The fourth-order valence-corrected chi connectivity index (χ4v) is 4.02. The Kier molecular flexibility index (Phi) is 4.03. The molecular formula is C23H19NO4. The molecule has 0 fully saturated rings. The van der Waals surface area contributed by atoms with Crippen LogP contribution >= 0.6 is 0 Å². The van der Waals surface area contributed by atoms with Gasteiger partial charge in [0, 0.05) is 27.7 Å². The predicted octanol–water partition coefficient (Wildman–Crippen LogP) is 4.76. The maximum absolute atomic E-state index is 12.4. The van der Waals surface area contributed by atoms with Crippen molar-refractivity contribution in [3.8, 4) is 5.69 Å². The molecule has 2 aromatic carbocycles. The molecule has 0 aliphatic heterocycles. The van der Waals surface area contributed by atoms with Gasteiger partial charge in [0.15, 0.2) is 11.6 Å². The third-order valence-electron chi connectivity index (χ3n) is 5.21. The molecule has 5 nitrogen and oxygen atoms in total. The van der Waals surface area contributed by atoms with E-state index in [0.717, 1.165) is 22.3 Å². The molecule has 140 valence electrons. The van der Waals surface area contributed by atoms with E-state index < -0.39 is 5.63 Å². The van der Waals surface area contributed by atoms with Gasteiger partial charge in [0.1, 0.15) is 11.1 Å². The molecular weight excluding hydrogens is 354 g/mol. The normalized spacial score (nSPS) is 11.3. The van der Waals surface area contributed by atoms with Crippen molar-refractivity contribution in [3.05, 3.63) is 75.3 Å². The Hall–Kier alpha value is -3.47. The standard InChI is InChI=1S/C23H19NO4/c1-12-17-10-19-18(11-20(17)28-23(27)21(12)14(3)25)22(15(4)26)13(2)24(19)16-8-6-5-7-9-16/h5-11H,1-4H3. The van der Waals surface area contributed by atoms with E-state index in [4.69, 9.17) is 4.42 Å². The van der Waals surface area contributed by atoms with E-state index in [-0.39, 0.29) is 17.1 Å². The van der Waals surface area contributed by atoms with Crippen molar-refractivity contribution in [2.75, 3.05) is 0 Å². The van der Waals surface area contributed by atoms with Gasteiger partial charge in [-0.2, -0.15) is 0 Å². The molecule has 0 amide bonds. The maximum atomic E-state index is 12.4. The third kappa shape index (κ3) is 2.51. The van der Waals surface area contributed by atoms with E-state index in [1.807, 2.05) is 47.9 Å². The molecule has 28 heavy (non-hydrogen) atoms. The molecule has 0 unspecified atom stereocenters. The average Bonchev–Trinajstić information content (AvgIpc) is 2.91. The van der Waals surface area contributed by atoms with Crippen LogP contribution in [0.15, 0.2) is 51.7 Å². The van der Waals surface area contributed by atoms with Gasteiger partial charge in [-0.3, -0.25) is 9.59 Å². The molecule has 0 atom stereocenters. The lowest BCUT2D eigenvalue weighted by Gasteiger charge is -2.10. The minimum Gasteiger partial charge on any atom is -0.422 e. The second-order valence-corrected chi connectivity index (χ2v) is 7.00. The van der Waals surface area contributed by atoms with Crippen molar-refractivity contribution in [2.24, 2.45) is 0 Å². The van der Waals surface area contributed by atoms with Gasteiger partial charge in [-0.1, -0.05) is 18.2 Å². The average molecular weight is 373 g/mol. The van der Waals surface area contributed by atoms with E-state index in [1.54, 1.807) is 13.0 Å². The summed E-state index contributed by atoms with van der Waals surface area (Å²) in [6, 6.07) is 13.4. The molecule has 0 aliphatic rings. The lowest BCUT2D eigenvalue weighted by atomic mass is 10.0. The minimum atomic E-state index is -0.652. The van der Waals surface area contributed by atoms with Crippen LogP contribution in [0.25, 0.3) is 27.6 Å². The van der Waals surface area contributed by atoms with E-state index in [0.29, 0.717) is 22.1 Å². The topological polar surface area (TPSA) is 69.3 Å². The van der Waals surface area contributed by atoms with Gasteiger partial charge in [-0.05, 0) is 57.5 Å². The van der Waals surface area contributed by atoms with Crippen molar-refractivity contribution in [1.29, 1.82) is 0 Å². The summed E-state index contributed by atoms with van der Waals surface area (Å²) in [6.45, 7) is 6.53. The fourth-order valence-electron chi connectivity index (χ4n) is 4.02. The Morgan fingerprint density at radius 1 is 0.893 bits per heavy atom. The first kappa shape index (κ1) is 17.9. The van der Waals surface area contributed by atoms with Gasteiger partial charge in [-0.25, -0.2) is 4.79 Å². The quantitative estimate of drug-likeness (QED) is 0.383. The summed E-state index contributed by atoms with van der Waals surface area (Å²) < 4.78 is 7.45. The smallest absolute Gasteiger partial charge is 0.347 e. The van der Waals surface area contributed by atoms with Crippen molar-refractivity contribution in [1.82, 2.24) is 4.57 Å². The van der Waals surface area contributed by atoms with Gasteiger partial charge in [0.2, 0.25) is 0 Å². The number of aromatic nitrogens is 1.